The standard InChI is InChI=1S/C22H30ClN7O/c1-3-18-19-20(30(28-18)12-13-31-4-2)21(25-17-7-5-6-15(23)14-17)27-22(26-19)29-10-8-16(24)9-11-29/h5-7,14,16H,3-4,8-13,24H2,1-2H3,(H,25,26,27). The number of halogens is 1. The molecule has 3 heterocycles. The van der Waals surface area contributed by atoms with Crippen molar-refractivity contribution in [1.29, 1.82) is 0 Å². The maximum Gasteiger partial charge on any atom is 0.228 e. The Balaban J connectivity index is 1.79. The molecule has 0 aliphatic carbocycles. The van der Waals surface area contributed by atoms with Gasteiger partial charge in [0.05, 0.1) is 18.8 Å². The smallest absolute Gasteiger partial charge is 0.228 e. The molecular formula is C22H30ClN7O. The number of piperidine rings is 1. The minimum atomic E-state index is 0.247. The van der Waals surface area contributed by atoms with Crippen molar-refractivity contribution in [2.24, 2.45) is 5.73 Å². The third-order valence-electron chi connectivity index (χ3n) is 5.54. The van der Waals surface area contributed by atoms with Crippen molar-refractivity contribution < 1.29 is 4.74 Å². The predicted molar refractivity (Wildman–Crippen MR) is 125 cm³/mol. The van der Waals surface area contributed by atoms with E-state index in [9.17, 15) is 0 Å². The van der Waals surface area contributed by atoms with E-state index in [-0.39, 0.29) is 6.04 Å². The highest BCUT2D eigenvalue weighted by Crippen LogP contribution is 2.30. The number of nitrogens with two attached hydrogens (primary N) is 1. The van der Waals surface area contributed by atoms with E-state index in [0.717, 1.165) is 60.6 Å². The fraction of sp³-hybridized carbons (Fsp3) is 0.500. The van der Waals surface area contributed by atoms with Gasteiger partial charge in [-0.1, -0.05) is 24.6 Å². The highest BCUT2D eigenvalue weighted by molar-refractivity contribution is 6.30. The summed E-state index contributed by atoms with van der Waals surface area (Å²) in [5, 5.41) is 8.95. The molecule has 31 heavy (non-hydrogen) atoms. The first kappa shape index (κ1) is 21.8. The molecule has 9 heteroatoms. The maximum atomic E-state index is 6.21. The molecule has 1 aliphatic rings. The van der Waals surface area contributed by atoms with Crippen molar-refractivity contribution in [3.63, 3.8) is 0 Å². The summed E-state index contributed by atoms with van der Waals surface area (Å²) in [4.78, 5) is 12.1. The molecule has 0 unspecified atom stereocenters. The largest absolute Gasteiger partial charge is 0.380 e. The van der Waals surface area contributed by atoms with Gasteiger partial charge in [0, 0.05) is 36.4 Å². The van der Waals surface area contributed by atoms with Crippen molar-refractivity contribution in [1.82, 2.24) is 19.7 Å². The molecule has 1 saturated heterocycles. The fourth-order valence-electron chi connectivity index (χ4n) is 3.86. The van der Waals surface area contributed by atoms with Crippen LogP contribution in [0.1, 0.15) is 32.4 Å². The normalized spacial score (nSPS) is 15.0. The molecule has 3 aromatic rings. The van der Waals surface area contributed by atoms with Crippen LogP contribution in [0.15, 0.2) is 24.3 Å². The van der Waals surface area contributed by atoms with Gasteiger partial charge < -0.3 is 20.7 Å². The van der Waals surface area contributed by atoms with E-state index in [0.29, 0.717) is 30.7 Å². The molecular weight excluding hydrogens is 414 g/mol. The Morgan fingerprint density at radius 2 is 2.03 bits per heavy atom. The molecule has 2 aromatic heterocycles. The molecule has 0 amide bonds. The molecule has 0 radical (unpaired) electrons. The van der Waals surface area contributed by atoms with E-state index < -0.39 is 0 Å². The first-order valence-corrected chi connectivity index (χ1v) is 11.3. The number of aromatic nitrogens is 4. The van der Waals surface area contributed by atoms with Gasteiger partial charge in [0.25, 0.3) is 0 Å². The second kappa shape index (κ2) is 9.80. The van der Waals surface area contributed by atoms with Gasteiger partial charge in [0.2, 0.25) is 5.95 Å². The summed E-state index contributed by atoms with van der Waals surface area (Å²) in [6, 6.07) is 7.88. The molecule has 4 rings (SSSR count). The Morgan fingerprint density at radius 3 is 2.74 bits per heavy atom. The number of fused-ring (bicyclic) bond motifs is 1. The van der Waals surface area contributed by atoms with Crippen LogP contribution in [0.25, 0.3) is 11.0 Å². The Hall–Kier alpha value is -2.42. The number of hydrogen-bond acceptors (Lipinski definition) is 7. The van der Waals surface area contributed by atoms with E-state index in [4.69, 9.17) is 37.1 Å². The Bertz CT molecular complexity index is 1030. The lowest BCUT2D eigenvalue weighted by Crippen LogP contribution is -2.40. The average Bonchev–Trinajstić information content (AvgIpc) is 3.12. The molecule has 0 spiro atoms. The summed E-state index contributed by atoms with van der Waals surface area (Å²) >= 11 is 6.21. The van der Waals surface area contributed by atoms with Crippen LogP contribution in [0.2, 0.25) is 5.02 Å². The number of anilines is 3. The van der Waals surface area contributed by atoms with E-state index in [2.05, 4.69) is 17.1 Å². The molecule has 8 nitrogen and oxygen atoms in total. The minimum Gasteiger partial charge on any atom is -0.380 e. The number of ether oxygens (including phenoxy) is 1. The third kappa shape index (κ3) is 4.92. The third-order valence-corrected chi connectivity index (χ3v) is 5.78. The van der Waals surface area contributed by atoms with Crippen molar-refractivity contribution >= 4 is 40.1 Å². The second-order valence-corrected chi connectivity index (χ2v) is 8.19. The Morgan fingerprint density at radius 1 is 1.23 bits per heavy atom. The van der Waals surface area contributed by atoms with E-state index >= 15 is 0 Å². The average molecular weight is 444 g/mol. The van der Waals surface area contributed by atoms with Crippen molar-refractivity contribution in [2.45, 2.75) is 45.7 Å². The molecule has 1 aromatic carbocycles. The molecule has 3 N–H and O–H groups in total. The maximum absolute atomic E-state index is 6.21. The minimum absolute atomic E-state index is 0.247. The number of nitrogens with zero attached hydrogens (tertiary/aromatic N) is 5. The lowest BCUT2D eigenvalue weighted by Gasteiger charge is -2.30. The van der Waals surface area contributed by atoms with Gasteiger partial charge >= 0.3 is 0 Å². The predicted octanol–water partition coefficient (Wildman–Crippen LogP) is 3.75. The van der Waals surface area contributed by atoms with E-state index in [1.54, 1.807) is 0 Å². The first-order valence-electron chi connectivity index (χ1n) is 11.0. The van der Waals surface area contributed by atoms with Crippen LogP contribution in [-0.2, 0) is 17.7 Å². The second-order valence-electron chi connectivity index (χ2n) is 7.75. The van der Waals surface area contributed by atoms with Crippen LogP contribution in [0.4, 0.5) is 17.5 Å². The van der Waals surface area contributed by atoms with Crippen molar-refractivity contribution in [3.8, 4) is 0 Å². The van der Waals surface area contributed by atoms with Gasteiger partial charge in [-0.3, -0.25) is 4.68 Å². The summed E-state index contributed by atoms with van der Waals surface area (Å²) in [5.74, 6) is 1.43. The zero-order valence-electron chi connectivity index (χ0n) is 18.1. The summed E-state index contributed by atoms with van der Waals surface area (Å²) in [6.07, 6.45) is 2.66. The molecule has 0 atom stereocenters. The monoisotopic (exact) mass is 443 g/mol. The van der Waals surface area contributed by atoms with Crippen LogP contribution >= 0.6 is 11.6 Å². The topological polar surface area (TPSA) is 94.1 Å². The van der Waals surface area contributed by atoms with Crippen LogP contribution < -0.4 is 16.0 Å². The molecule has 1 fully saturated rings. The van der Waals surface area contributed by atoms with Crippen LogP contribution in [0, 0.1) is 0 Å². The lowest BCUT2D eigenvalue weighted by molar-refractivity contribution is 0.137. The van der Waals surface area contributed by atoms with Crippen molar-refractivity contribution in [3.05, 3.63) is 35.0 Å². The van der Waals surface area contributed by atoms with Gasteiger partial charge in [-0.05, 0) is 44.4 Å². The Kier molecular flexibility index (Phi) is 6.89. The number of hydrogen-bond donors (Lipinski definition) is 2. The molecule has 1 aliphatic heterocycles. The number of benzene rings is 1. The zero-order chi connectivity index (χ0) is 21.8. The Labute approximate surface area is 187 Å². The first-order chi connectivity index (χ1) is 15.1. The van der Waals surface area contributed by atoms with Gasteiger partial charge in [-0.15, -0.1) is 0 Å². The van der Waals surface area contributed by atoms with Crippen LogP contribution in [0.3, 0.4) is 0 Å². The highest BCUT2D eigenvalue weighted by Gasteiger charge is 2.23. The highest BCUT2D eigenvalue weighted by atomic mass is 35.5. The fourth-order valence-corrected chi connectivity index (χ4v) is 4.05. The van der Waals surface area contributed by atoms with Gasteiger partial charge in [0.1, 0.15) is 11.0 Å². The molecule has 0 bridgehead atoms. The quantitative estimate of drug-likeness (QED) is 0.512. The van der Waals surface area contributed by atoms with Crippen LogP contribution in [0.5, 0.6) is 0 Å². The molecule has 0 saturated carbocycles. The zero-order valence-corrected chi connectivity index (χ0v) is 18.9. The number of rotatable bonds is 8. The number of aryl methyl sites for hydroxylation is 1. The van der Waals surface area contributed by atoms with Gasteiger partial charge in [-0.2, -0.15) is 10.1 Å². The van der Waals surface area contributed by atoms with Gasteiger partial charge in [0.15, 0.2) is 5.82 Å². The molecule has 166 valence electrons. The summed E-state index contributed by atoms with van der Waals surface area (Å²) < 4.78 is 7.52. The van der Waals surface area contributed by atoms with Crippen LogP contribution in [-0.4, -0.2) is 52.1 Å². The lowest BCUT2D eigenvalue weighted by atomic mass is 10.1. The van der Waals surface area contributed by atoms with Gasteiger partial charge in [-0.25, -0.2) is 4.98 Å². The van der Waals surface area contributed by atoms with E-state index in [1.165, 1.54) is 0 Å². The summed E-state index contributed by atoms with van der Waals surface area (Å²) in [6.45, 7) is 7.68. The summed E-state index contributed by atoms with van der Waals surface area (Å²) in [7, 11) is 0. The summed E-state index contributed by atoms with van der Waals surface area (Å²) in [5.41, 5.74) is 9.69. The van der Waals surface area contributed by atoms with Crippen molar-refractivity contribution in [2.75, 3.05) is 36.5 Å². The SMILES string of the molecule is CCOCCn1nc(CC)c2nc(N3CCC(N)CC3)nc(Nc3cccc(Cl)c3)c21. The number of nitrogens with one attached hydrogen (secondary N) is 1. The van der Waals surface area contributed by atoms with E-state index in [1.807, 2.05) is 35.9 Å².